The second-order valence-electron chi connectivity index (χ2n) is 5.47. The molecule has 1 unspecified atom stereocenters. The van der Waals surface area contributed by atoms with Gasteiger partial charge in [-0.2, -0.15) is 13.2 Å². The summed E-state index contributed by atoms with van der Waals surface area (Å²) in [5.74, 6) is -0.294. The maximum Gasteiger partial charge on any atom is 0.402 e. The molecular formula is C15H18F3NO2. The van der Waals surface area contributed by atoms with Crippen LogP contribution in [0.5, 0.6) is 5.75 Å². The molecule has 1 heterocycles. The first-order chi connectivity index (χ1) is 9.73. The van der Waals surface area contributed by atoms with Crippen LogP contribution in [0.4, 0.5) is 13.2 Å². The molecule has 1 aliphatic heterocycles. The van der Waals surface area contributed by atoms with E-state index in [1.165, 1.54) is 13.2 Å². The Bertz CT molecular complexity index is 561. The normalized spacial score (nSPS) is 22.4. The highest BCUT2D eigenvalue weighted by Gasteiger charge is 2.61. The van der Waals surface area contributed by atoms with Crippen molar-refractivity contribution in [2.45, 2.75) is 26.4 Å². The largest absolute Gasteiger partial charge is 0.496 e. The number of hydrogen-bond donors (Lipinski definition) is 1. The van der Waals surface area contributed by atoms with Crippen LogP contribution in [-0.2, 0) is 0 Å². The minimum Gasteiger partial charge on any atom is -0.496 e. The number of hydrogen-bond acceptors (Lipinski definition) is 3. The SMILES string of the molecule is COc1cc(C)c(C(=O)C2(C(F)(F)F)CCNC2)cc1C. The number of ether oxygens (including phenoxy) is 1. The second-order valence-corrected chi connectivity index (χ2v) is 5.47. The number of carbonyl (C=O) groups excluding carboxylic acids is 1. The number of aryl methyl sites for hydroxylation is 2. The summed E-state index contributed by atoms with van der Waals surface area (Å²) in [6.45, 7) is 3.17. The van der Waals surface area contributed by atoms with E-state index in [2.05, 4.69) is 5.32 Å². The van der Waals surface area contributed by atoms with E-state index in [1.54, 1.807) is 19.9 Å². The van der Waals surface area contributed by atoms with Crippen LogP contribution in [0.3, 0.4) is 0 Å². The standard InChI is InChI=1S/C15H18F3NO2/c1-9-7-12(21-3)10(2)6-11(9)13(20)14(15(16,17)18)4-5-19-8-14/h6-7,19H,4-5,8H2,1-3H3. The Hall–Kier alpha value is -1.56. The number of nitrogens with one attached hydrogen (secondary N) is 1. The Kier molecular flexibility index (Phi) is 4.02. The molecule has 0 saturated carbocycles. The van der Waals surface area contributed by atoms with Crippen LogP contribution < -0.4 is 10.1 Å². The Labute approximate surface area is 121 Å². The van der Waals surface area contributed by atoms with Crippen molar-refractivity contribution in [1.29, 1.82) is 0 Å². The summed E-state index contributed by atoms with van der Waals surface area (Å²) in [4.78, 5) is 12.6. The lowest BCUT2D eigenvalue weighted by atomic mass is 9.77. The van der Waals surface area contributed by atoms with Crippen molar-refractivity contribution < 1.29 is 22.7 Å². The molecular weight excluding hydrogens is 283 g/mol. The number of methoxy groups -OCH3 is 1. The highest BCUT2D eigenvalue weighted by molar-refractivity contribution is 6.03. The number of Topliss-reactive ketones (excluding diaryl/α,β-unsaturated/α-hetero) is 1. The molecule has 2 rings (SSSR count). The van der Waals surface area contributed by atoms with Gasteiger partial charge in [-0.25, -0.2) is 0 Å². The molecule has 0 aliphatic carbocycles. The number of halogens is 3. The van der Waals surface area contributed by atoms with Crippen molar-refractivity contribution in [1.82, 2.24) is 5.32 Å². The van der Waals surface area contributed by atoms with Crippen molar-refractivity contribution in [3.8, 4) is 5.75 Å². The Morgan fingerprint density at radius 2 is 1.95 bits per heavy atom. The zero-order chi connectivity index (χ0) is 15.8. The molecule has 0 amide bonds. The Balaban J connectivity index is 2.51. The maximum atomic E-state index is 13.4. The molecule has 1 fully saturated rings. The molecule has 0 bridgehead atoms. The third-order valence-corrected chi connectivity index (χ3v) is 4.12. The first kappa shape index (κ1) is 15.8. The number of benzene rings is 1. The first-order valence-electron chi connectivity index (χ1n) is 6.70. The average Bonchev–Trinajstić information content (AvgIpc) is 2.90. The molecule has 3 nitrogen and oxygen atoms in total. The number of alkyl halides is 3. The second kappa shape index (κ2) is 5.33. The van der Waals surface area contributed by atoms with Crippen molar-refractivity contribution >= 4 is 5.78 Å². The fourth-order valence-corrected chi connectivity index (χ4v) is 2.77. The molecule has 1 N–H and O–H groups in total. The van der Waals surface area contributed by atoms with E-state index >= 15 is 0 Å². The van der Waals surface area contributed by atoms with Gasteiger partial charge in [-0.1, -0.05) is 0 Å². The van der Waals surface area contributed by atoms with Crippen LogP contribution in [0.15, 0.2) is 12.1 Å². The molecule has 0 aromatic heterocycles. The van der Waals surface area contributed by atoms with Gasteiger partial charge in [0.15, 0.2) is 5.78 Å². The van der Waals surface area contributed by atoms with Crippen LogP contribution in [0, 0.1) is 19.3 Å². The van der Waals surface area contributed by atoms with E-state index < -0.39 is 17.4 Å². The van der Waals surface area contributed by atoms with E-state index in [0.717, 1.165) is 0 Å². The van der Waals surface area contributed by atoms with Crippen LogP contribution in [0.25, 0.3) is 0 Å². The van der Waals surface area contributed by atoms with Gasteiger partial charge >= 0.3 is 6.18 Å². The molecule has 1 saturated heterocycles. The van der Waals surface area contributed by atoms with E-state index in [9.17, 15) is 18.0 Å². The molecule has 1 aliphatic rings. The van der Waals surface area contributed by atoms with Crippen LogP contribution in [0.2, 0.25) is 0 Å². The van der Waals surface area contributed by atoms with Gasteiger partial charge in [-0.05, 0) is 50.1 Å². The van der Waals surface area contributed by atoms with Crippen molar-refractivity contribution in [3.63, 3.8) is 0 Å². The minimum atomic E-state index is -4.56. The minimum absolute atomic E-state index is 0.120. The van der Waals surface area contributed by atoms with Crippen LogP contribution in [-0.4, -0.2) is 32.2 Å². The van der Waals surface area contributed by atoms with E-state index in [1.807, 2.05) is 0 Å². The first-order valence-corrected chi connectivity index (χ1v) is 6.70. The quantitative estimate of drug-likeness (QED) is 0.872. The van der Waals surface area contributed by atoms with Crippen molar-refractivity contribution in [2.75, 3.05) is 20.2 Å². The molecule has 6 heteroatoms. The zero-order valence-electron chi connectivity index (χ0n) is 12.2. The maximum absolute atomic E-state index is 13.4. The van der Waals surface area contributed by atoms with Gasteiger partial charge < -0.3 is 10.1 Å². The average molecular weight is 301 g/mol. The molecule has 1 aromatic rings. The van der Waals surface area contributed by atoms with Crippen molar-refractivity contribution in [3.05, 3.63) is 28.8 Å². The molecule has 1 atom stereocenters. The van der Waals surface area contributed by atoms with E-state index in [0.29, 0.717) is 16.9 Å². The lowest BCUT2D eigenvalue weighted by molar-refractivity contribution is -0.197. The highest BCUT2D eigenvalue weighted by Crippen LogP contribution is 2.46. The lowest BCUT2D eigenvalue weighted by Crippen LogP contribution is -2.47. The Morgan fingerprint density at radius 1 is 1.29 bits per heavy atom. The zero-order valence-corrected chi connectivity index (χ0v) is 12.2. The summed E-state index contributed by atoms with van der Waals surface area (Å²) < 4.78 is 45.5. The third kappa shape index (κ3) is 2.52. The summed E-state index contributed by atoms with van der Waals surface area (Å²) in [6.07, 6.45) is -4.78. The van der Waals surface area contributed by atoms with E-state index in [4.69, 9.17) is 4.74 Å². The van der Waals surface area contributed by atoms with Gasteiger partial charge in [0.2, 0.25) is 0 Å². The number of ketones is 1. The van der Waals surface area contributed by atoms with Gasteiger partial charge in [-0.3, -0.25) is 4.79 Å². The summed E-state index contributed by atoms with van der Waals surface area (Å²) >= 11 is 0. The summed E-state index contributed by atoms with van der Waals surface area (Å²) in [6, 6.07) is 3.09. The summed E-state index contributed by atoms with van der Waals surface area (Å²) in [7, 11) is 1.49. The fraction of sp³-hybridized carbons (Fsp3) is 0.533. The molecule has 21 heavy (non-hydrogen) atoms. The number of carbonyl (C=O) groups is 1. The summed E-state index contributed by atoms with van der Waals surface area (Å²) in [5.41, 5.74) is -1.05. The van der Waals surface area contributed by atoms with E-state index in [-0.39, 0.29) is 25.1 Å². The lowest BCUT2D eigenvalue weighted by Gasteiger charge is -2.30. The summed E-state index contributed by atoms with van der Waals surface area (Å²) in [5, 5.41) is 2.66. The Morgan fingerprint density at radius 3 is 2.43 bits per heavy atom. The third-order valence-electron chi connectivity index (χ3n) is 4.12. The van der Waals surface area contributed by atoms with Gasteiger partial charge in [0, 0.05) is 12.1 Å². The fourth-order valence-electron chi connectivity index (χ4n) is 2.77. The predicted molar refractivity (Wildman–Crippen MR) is 72.8 cm³/mol. The highest BCUT2D eigenvalue weighted by atomic mass is 19.4. The molecule has 116 valence electrons. The molecule has 0 spiro atoms. The van der Waals surface area contributed by atoms with Gasteiger partial charge in [0.05, 0.1) is 7.11 Å². The van der Waals surface area contributed by atoms with Gasteiger partial charge in [0.1, 0.15) is 11.2 Å². The predicted octanol–water partition coefficient (Wildman–Crippen LogP) is 3.04. The van der Waals surface area contributed by atoms with Crippen molar-refractivity contribution in [2.24, 2.45) is 5.41 Å². The van der Waals surface area contributed by atoms with Gasteiger partial charge in [0.25, 0.3) is 0 Å². The monoisotopic (exact) mass is 301 g/mol. The number of rotatable bonds is 3. The van der Waals surface area contributed by atoms with Crippen LogP contribution >= 0.6 is 0 Å². The van der Waals surface area contributed by atoms with Crippen LogP contribution in [0.1, 0.15) is 27.9 Å². The molecule has 1 aromatic carbocycles. The smallest absolute Gasteiger partial charge is 0.402 e. The van der Waals surface area contributed by atoms with Gasteiger partial charge in [-0.15, -0.1) is 0 Å². The molecule has 0 radical (unpaired) electrons. The topological polar surface area (TPSA) is 38.3 Å².